The number of hydrogen-bond donors (Lipinski definition) is 4. The fraction of sp³-hybridized carbons (Fsp3) is 0.308. The van der Waals surface area contributed by atoms with Crippen molar-refractivity contribution < 1.29 is 19.5 Å². The zero-order valence-electron chi connectivity index (χ0n) is 10.8. The standard InChI is InChI=1S/C13H17N3O4/c14-9(7-11(15)17)12(18)16-10(13(19)20)6-8-4-2-1-3-5-8/h1-5,9-10H,6-7,14H2,(H2,15,17)(H,16,18)(H,19,20)/t9?,10-/m0/s1. The number of carbonyl (C=O) groups excluding carboxylic acids is 2. The first-order valence-electron chi connectivity index (χ1n) is 6.01. The molecule has 108 valence electrons. The van der Waals surface area contributed by atoms with E-state index in [2.05, 4.69) is 5.32 Å². The van der Waals surface area contributed by atoms with Crippen LogP contribution in [0.5, 0.6) is 0 Å². The second-order valence-electron chi connectivity index (χ2n) is 4.37. The third kappa shape index (κ3) is 5.07. The Balaban J connectivity index is 2.66. The van der Waals surface area contributed by atoms with Crippen LogP contribution in [0.2, 0.25) is 0 Å². The van der Waals surface area contributed by atoms with Gasteiger partial charge in [-0.25, -0.2) is 4.79 Å². The molecule has 0 saturated carbocycles. The monoisotopic (exact) mass is 279 g/mol. The lowest BCUT2D eigenvalue weighted by atomic mass is 10.1. The lowest BCUT2D eigenvalue weighted by Crippen LogP contribution is -2.50. The number of hydrogen-bond acceptors (Lipinski definition) is 4. The molecule has 1 unspecified atom stereocenters. The van der Waals surface area contributed by atoms with Gasteiger partial charge in [0.25, 0.3) is 0 Å². The van der Waals surface area contributed by atoms with Crippen LogP contribution < -0.4 is 16.8 Å². The zero-order valence-corrected chi connectivity index (χ0v) is 10.8. The van der Waals surface area contributed by atoms with Crippen molar-refractivity contribution in [3.8, 4) is 0 Å². The molecular formula is C13H17N3O4. The highest BCUT2D eigenvalue weighted by Crippen LogP contribution is 2.04. The molecule has 0 aliphatic rings. The van der Waals surface area contributed by atoms with Crippen molar-refractivity contribution in [2.45, 2.75) is 24.9 Å². The maximum atomic E-state index is 11.7. The molecule has 7 nitrogen and oxygen atoms in total. The summed E-state index contributed by atoms with van der Waals surface area (Å²) in [5.41, 5.74) is 11.2. The van der Waals surface area contributed by atoms with Gasteiger partial charge in [-0.05, 0) is 5.56 Å². The van der Waals surface area contributed by atoms with E-state index in [1.54, 1.807) is 30.3 Å². The van der Waals surface area contributed by atoms with E-state index < -0.39 is 29.9 Å². The van der Waals surface area contributed by atoms with Crippen LogP contribution in [0.25, 0.3) is 0 Å². The van der Waals surface area contributed by atoms with Crippen molar-refractivity contribution in [1.82, 2.24) is 5.32 Å². The minimum Gasteiger partial charge on any atom is -0.480 e. The number of carbonyl (C=O) groups is 3. The van der Waals surface area contributed by atoms with Crippen LogP contribution in [0.4, 0.5) is 0 Å². The van der Waals surface area contributed by atoms with Crippen LogP contribution >= 0.6 is 0 Å². The summed E-state index contributed by atoms with van der Waals surface area (Å²) in [4.78, 5) is 33.5. The normalized spacial score (nSPS) is 13.2. The fourth-order valence-electron chi connectivity index (χ4n) is 1.64. The van der Waals surface area contributed by atoms with E-state index in [1.165, 1.54) is 0 Å². The van der Waals surface area contributed by atoms with Crippen LogP contribution in [0.3, 0.4) is 0 Å². The smallest absolute Gasteiger partial charge is 0.326 e. The van der Waals surface area contributed by atoms with Crippen LogP contribution in [-0.4, -0.2) is 35.0 Å². The van der Waals surface area contributed by atoms with Crippen molar-refractivity contribution in [2.24, 2.45) is 11.5 Å². The average Bonchev–Trinajstić information content (AvgIpc) is 2.38. The summed E-state index contributed by atoms with van der Waals surface area (Å²) in [6.07, 6.45) is -0.200. The molecule has 0 fully saturated rings. The third-order valence-electron chi connectivity index (χ3n) is 2.66. The zero-order chi connectivity index (χ0) is 15.1. The van der Waals surface area contributed by atoms with Gasteiger partial charge in [-0.1, -0.05) is 30.3 Å². The number of nitrogens with one attached hydrogen (secondary N) is 1. The molecule has 1 rings (SSSR count). The van der Waals surface area contributed by atoms with E-state index in [-0.39, 0.29) is 12.8 Å². The third-order valence-corrected chi connectivity index (χ3v) is 2.66. The molecule has 7 heteroatoms. The van der Waals surface area contributed by atoms with Crippen molar-refractivity contribution in [2.75, 3.05) is 0 Å². The fourth-order valence-corrected chi connectivity index (χ4v) is 1.64. The number of aliphatic carboxylic acids is 1. The van der Waals surface area contributed by atoms with Crippen LogP contribution in [0.1, 0.15) is 12.0 Å². The van der Waals surface area contributed by atoms with Crippen molar-refractivity contribution in [3.05, 3.63) is 35.9 Å². The van der Waals surface area contributed by atoms with Crippen LogP contribution in [0, 0.1) is 0 Å². The summed E-state index contributed by atoms with van der Waals surface area (Å²) in [5, 5.41) is 11.4. The van der Waals surface area contributed by atoms with Crippen LogP contribution in [0.15, 0.2) is 30.3 Å². The summed E-state index contributed by atoms with van der Waals surface area (Å²) in [6, 6.07) is 6.61. The molecule has 0 bridgehead atoms. The van der Waals surface area contributed by atoms with E-state index in [4.69, 9.17) is 16.6 Å². The Labute approximate surface area is 115 Å². The summed E-state index contributed by atoms with van der Waals surface area (Å²) < 4.78 is 0. The number of benzene rings is 1. The van der Waals surface area contributed by atoms with Crippen molar-refractivity contribution in [1.29, 1.82) is 0 Å². The lowest BCUT2D eigenvalue weighted by Gasteiger charge is -2.17. The number of nitrogens with two attached hydrogens (primary N) is 2. The highest BCUT2D eigenvalue weighted by Gasteiger charge is 2.24. The van der Waals surface area contributed by atoms with Gasteiger partial charge >= 0.3 is 5.97 Å². The molecule has 6 N–H and O–H groups in total. The molecule has 0 aliphatic carbocycles. The molecule has 0 aromatic heterocycles. The molecular weight excluding hydrogens is 262 g/mol. The molecule has 0 aliphatic heterocycles. The van der Waals surface area contributed by atoms with Gasteiger partial charge in [0.15, 0.2) is 0 Å². The highest BCUT2D eigenvalue weighted by atomic mass is 16.4. The Kier molecular flexibility index (Phi) is 5.67. The van der Waals surface area contributed by atoms with Gasteiger partial charge in [0.2, 0.25) is 11.8 Å². The molecule has 20 heavy (non-hydrogen) atoms. The van der Waals surface area contributed by atoms with E-state index in [1.807, 2.05) is 0 Å². The predicted molar refractivity (Wildman–Crippen MR) is 71.5 cm³/mol. The summed E-state index contributed by atoms with van der Waals surface area (Å²) >= 11 is 0. The van der Waals surface area contributed by atoms with Gasteiger partial charge in [-0.2, -0.15) is 0 Å². The van der Waals surface area contributed by atoms with Gasteiger partial charge in [0, 0.05) is 6.42 Å². The van der Waals surface area contributed by atoms with Crippen molar-refractivity contribution >= 4 is 17.8 Å². The molecule has 0 heterocycles. The largest absolute Gasteiger partial charge is 0.480 e. The Morgan fingerprint density at radius 2 is 1.80 bits per heavy atom. The Morgan fingerprint density at radius 3 is 2.30 bits per heavy atom. The Bertz CT molecular complexity index is 490. The SMILES string of the molecule is NC(=O)CC(N)C(=O)N[C@@H](Cc1ccccc1)C(=O)O. The second kappa shape index (κ2) is 7.25. The van der Waals surface area contributed by atoms with Gasteiger partial charge in [-0.3, -0.25) is 9.59 Å². The Morgan fingerprint density at radius 1 is 1.20 bits per heavy atom. The molecule has 0 spiro atoms. The first-order chi connectivity index (χ1) is 9.40. The highest BCUT2D eigenvalue weighted by molar-refractivity contribution is 5.90. The maximum Gasteiger partial charge on any atom is 0.326 e. The van der Waals surface area contributed by atoms with Crippen LogP contribution in [-0.2, 0) is 20.8 Å². The summed E-state index contributed by atoms with van der Waals surface area (Å²) in [7, 11) is 0. The topological polar surface area (TPSA) is 136 Å². The van der Waals surface area contributed by atoms with E-state index >= 15 is 0 Å². The quantitative estimate of drug-likeness (QED) is 0.507. The minimum atomic E-state index is -1.17. The van der Waals surface area contributed by atoms with E-state index in [9.17, 15) is 14.4 Å². The van der Waals surface area contributed by atoms with Crippen molar-refractivity contribution in [3.63, 3.8) is 0 Å². The number of carboxylic acids is 1. The molecule has 1 aromatic carbocycles. The van der Waals surface area contributed by atoms with E-state index in [0.29, 0.717) is 0 Å². The molecule has 1 aromatic rings. The molecule has 2 amide bonds. The number of primary amides is 1. The molecule has 0 saturated heterocycles. The molecule has 0 radical (unpaired) electrons. The lowest BCUT2D eigenvalue weighted by molar-refractivity contribution is -0.142. The predicted octanol–water partition coefficient (Wildman–Crippen LogP) is -0.999. The first kappa shape index (κ1) is 15.6. The minimum absolute atomic E-state index is 0.130. The maximum absolute atomic E-state index is 11.7. The number of rotatable bonds is 7. The van der Waals surface area contributed by atoms with Gasteiger partial charge in [0.05, 0.1) is 12.5 Å². The average molecular weight is 279 g/mol. The second-order valence-corrected chi connectivity index (χ2v) is 4.37. The van der Waals surface area contributed by atoms with Gasteiger partial charge < -0.3 is 21.9 Å². The van der Waals surface area contributed by atoms with E-state index in [0.717, 1.165) is 5.56 Å². The number of carboxylic acid groups (broad SMARTS) is 1. The summed E-state index contributed by atoms with van der Waals surface area (Å²) in [6.45, 7) is 0. The summed E-state index contributed by atoms with van der Waals surface area (Å²) in [5.74, 6) is -2.61. The number of amides is 2. The molecule has 2 atom stereocenters. The first-order valence-corrected chi connectivity index (χ1v) is 6.01. The Hall–Kier alpha value is -2.41. The van der Waals surface area contributed by atoms with Gasteiger partial charge in [-0.15, -0.1) is 0 Å². The van der Waals surface area contributed by atoms with Gasteiger partial charge in [0.1, 0.15) is 6.04 Å².